The van der Waals surface area contributed by atoms with Gasteiger partial charge in [0.1, 0.15) is 0 Å². The minimum Gasteiger partial charge on any atom is -0.311 e. The van der Waals surface area contributed by atoms with Crippen molar-refractivity contribution in [3.63, 3.8) is 0 Å². The lowest BCUT2D eigenvalue weighted by molar-refractivity contribution is -0.315. The third-order valence-electron chi connectivity index (χ3n) is 3.04. The van der Waals surface area contributed by atoms with Crippen molar-refractivity contribution in [3.8, 4) is 0 Å². The maximum atomic E-state index is 13.0. The van der Waals surface area contributed by atoms with Crippen LogP contribution in [0.2, 0.25) is 0 Å². The Morgan fingerprint density at radius 2 is 1.86 bits per heavy atom. The van der Waals surface area contributed by atoms with Gasteiger partial charge in [0.2, 0.25) is 0 Å². The lowest BCUT2D eigenvalue weighted by atomic mass is 9.90. The lowest BCUT2D eigenvalue weighted by Crippen LogP contribution is -2.60. The van der Waals surface area contributed by atoms with Gasteiger partial charge in [0, 0.05) is 19.6 Å². The summed E-state index contributed by atoms with van der Waals surface area (Å²) in [5.41, 5.74) is -0.631. The van der Waals surface area contributed by atoms with Gasteiger partial charge in [-0.2, -0.15) is 8.78 Å². The zero-order valence-corrected chi connectivity index (χ0v) is 8.35. The molecular formula is C9H16F2N2O. The molecule has 0 aliphatic carbocycles. The molecule has 2 heterocycles. The Hall–Kier alpha value is -0.260. The Morgan fingerprint density at radius 1 is 1.21 bits per heavy atom. The number of nitrogens with zero attached hydrogens (tertiary/aromatic N) is 1. The van der Waals surface area contributed by atoms with Crippen LogP contribution in [0.25, 0.3) is 0 Å². The molecule has 0 amide bonds. The average Bonchev–Trinajstić information content (AvgIpc) is 2.09. The van der Waals surface area contributed by atoms with E-state index in [1.165, 1.54) is 0 Å². The number of ether oxygens (including phenoxy) is 1. The van der Waals surface area contributed by atoms with E-state index in [0.29, 0.717) is 19.4 Å². The molecule has 14 heavy (non-hydrogen) atoms. The van der Waals surface area contributed by atoms with Crippen molar-refractivity contribution >= 4 is 0 Å². The largest absolute Gasteiger partial charge is 0.368 e. The molecule has 0 aromatic rings. The number of nitrogens with one attached hydrogen (secondary N) is 1. The molecule has 0 atom stereocenters. The molecule has 0 aromatic heterocycles. The first-order chi connectivity index (χ1) is 6.52. The first-order valence-corrected chi connectivity index (χ1v) is 4.99. The van der Waals surface area contributed by atoms with Crippen molar-refractivity contribution < 1.29 is 13.5 Å². The van der Waals surface area contributed by atoms with E-state index < -0.39 is 11.7 Å². The van der Waals surface area contributed by atoms with Crippen LogP contribution in [-0.4, -0.2) is 49.8 Å². The molecule has 0 unspecified atom stereocenters. The maximum Gasteiger partial charge on any atom is 0.368 e. The van der Waals surface area contributed by atoms with Crippen LogP contribution < -0.4 is 5.32 Å². The summed E-state index contributed by atoms with van der Waals surface area (Å²) < 4.78 is 31.0. The molecule has 0 aromatic carbocycles. The molecule has 0 saturated carbocycles. The van der Waals surface area contributed by atoms with Gasteiger partial charge in [-0.25, -0.2) is 0 Å². The van der Waals surface area contributed by atoms with Gasteiger partial charge in [-0.05, 0) is 19.9 Å². The minimum atomic E-state index is -2.99. The predicted octanol–water partition coefficient (Wildman–Crippen LogP) is 0.663. The summed E-state index contributed by atoms with van der Waals surface area (Å²) in [6.45, 7) is 1.86. The Kier molecular flexibility index (Phi) is 2.49. The van der Waals surface area contributed by atoms with Gasteiger partial charge >= 0.3 is 6.11 Å². The van der Waals surface area contributed by atoms with Gasteiger partial charge in [0.25, 0.3) is 0 Å². The fourth-order valence-electron chi connectivity index (χ4n) is 2.13. The Balaban J connectivity index is 2.01. The van der Waals surface area contributed by atoms with E-state index in [0.717, 1.165) is 13.1 Å². The second-order valence-corrected chi connectivity index (χ2v) is 4.33. The highest BCUT2D eigenvalue weighted by molar-refractivity contribution is 4.93. The van der Waals surface area contributed by atoms with E-state index in [4.69, 9.17) is 4.74 Å². The Labute approximate surface area is 82.4 Å². The Morgan fingerprint density at radius 3 is 2.43 bits per heavy atom. The van der Waals surface area contributed by atoms with Gasteiger partial charge in [-0.1, -0.05) is 0 Å². The molecular weight excluding hydrogens is 190 g/mol. The highest BCUT2D eigenvalue weighted by atomic mass is 19.3. The van der Waals surface area contributed by atoms with Crippen LogP contribution in [0, 0.1) is 0 Å². The third-order valence-corrected chi connectivity index (χ3v) is 3.04. The van der Waals surface area contributed by atoms with Gasteiger partial charge in [-0.3, -0.25) is 0 Å². The van der Waals surface area contributed by atoms with Crippen molar-refractivity contribution in [2.24, 2.45) is 0 Å². The summed E-state index contributed by atoms with van der Waals surface area (Å²) in [7, 11) is 2.00. The van der Waals surface area contributed by atoms with Crippen LogP contribution in [0.1, 0.15) is 12.8 Å². The molecule has 2 aliphatic heterocycles. The number of morpholine rings is 1. The number of alkyl halides is 2. The van der Waals surface area contributed by atoms with E-state index >= 15 is 0 Å². The summed E-state index contributed by atoms with van der Waals surface area (Å²) in [6.07, 6.45) is -1.62. The summed E-state index contributed by atoms with van der Waals surface area (Å²) >= 11 is 0. The molecule has 0 bridgehead atoms. The number of rotatable bonds is 0. The highest BCUT2D eigenvalue weighted by Gasteiger charge is 2.47. The van der Waals surface area contributed by atoms with Gasteiger partial charge < -0.3 is 15.0 Å². The smallest absolute Gasteiger partial charge is 0.311 e. The van der Waals surface area contributed by atoms with Crippen LogP contribution in [0.15, 0.2) is 0 Å². The summed E-state index contributed by atoms with van der Waals surface area (Å²) in [5, 5.41) is 2.76. The summed E-state index contributed by atoms with van der Waals surface area (Å²) in [5.74, 6) is 0. The molecule has 82 valence electrons. The van der Waals surface area contributed by atoms with Gasteiger partial charge in [-0.15, -0.1) is 0 Å². The number of hydrogen-bond acceptors (Lipinski definition) is 3. The second kappa shape index (κ2) is 3.40. The van der Waals surface area contributed by atoms with Crippen LogP contribution in [0.5, 0.6) is 0 Å². The van der Waals surface area contributed by atoms with Crippen LogP contribution in [-0.2, 0) is 4.74 Å². The van der Waals surface area contributed by atoms with Crippen molar-refractivity contribution in [1.29, 1.82) is 0 Å². The molecule has 2 saturated heterocycles. The van der Waals surface area contributed by atoms with E-state index in [-0.39, 0.29) is 6.54 Å². The quantitative estimate of drug-likeness (QED) is 0.630. The molecule has 2 rings (SSSR count). The number of piperidine rings is 1. The van der Waals surface area contributed by atoms with E-state index in [9.17, 15) is 8.78 Å². The highest BCUT2D eigenvalue weighted by Crippen LogP contribution is 2.34. The van der Waals surface area contributed by atoms with Crippen molar-refractivity contribution in [2.45, 2.75) is 24.6 Å². The zero-order chi connectivity index (χ0) is 10.2. The molecule has 1 N–H and O–H groups in total. The van der Waals surface area contributed by atoms with Crippen LogP contribution in [0.3, 0.4) is 0 Å². The second-order valence-electron chi connectivity index (χ2n) is 4.33. The summed E-state index contributed by atoms with van der Waals surface area (Å²) in [4.78, 5) is 2.14. The van der Waals surface area contributed by atoms with Crippen molar-refractivity contribution in [2.75, 3.05) is 33.2 Å². The zero-order valence-electron chi connectivity index (χ0n) is 8.35. The number of hydrogen-bond donors (Lipinski definition) is 1. The Bertz CT molecular complexity index is 215. The molecule has 1 spiro atoms. The summed E-state index contributed by atoms with van der Waals surface area (Å²) in [6, 6.07) is 0. The standard InChI is InChI=1S/C9H16F2N2O/c1-13-4-2-8(3-5-13)6-12-7-9(10,11)14-8/h12H,2-7H2,1H3. The first kappa shape index (κ1) is 10.3. The molecule has 3 nitrogen and oxygen atoms in total. The fourth-order valence-corrected chi connectivity index (χ4v) is 2.13. The third kappa shape index (κ3) is 2.04. The fraction of sp³-hybridized carbons (Fsp3) is 1.00. The van der Waals surface area contributed by atoms with Gasteiger partial charge in [0.05, 0.1) is 12.1 Å². The van der Waals surface area contributed by atoms with E-state index in [1.807, 2.05) is 7.05 Å². The molecule has 5 heteroatoms. The SMILES string of the molecule is CN1CCC2(CC1)CNCC(F)(F)O2. The van der Waals surface area contributed by atoms with Crippen LogP contribution >= 0.6 is 0 Å². The lowest BCUT2D eigenvalue weighted by Gasteiger charge is -2.45. The minimum absolute atomic E-state index is 0.357. The van der Waals surface area contributed by atoms with Gasteiger partial charge in [0.15, 0.2) is 0 Å². The van der Waals surface area contributed by atoms with E-state index in [2.05, 4.69) is 10.2 Å². The predicted molar refractivity (Wildman–Crippen MR) is 48.4 cm³/mol. The first-order valence-electron chi connectivity index (χ1n) is 4.99. The topological polar surface area (TPSA) is 24.5 Å². The normalized spacial score (nSPS) is 31.9. The number of halogens is 2. The maximum absolute atomic E-state index is 13.0. The van der Waals surface area contributed by atoms with Crippen molar-refractivity contribution in [3.05, 3.63) is 0 Å². The monoisotopic (exact) mass is 206 g/mol. The molecule has 2 aliphatic rings. The molecule has 2 fully saturated rings. The number of likely N-dealkylation sites (tertiary alicyclic amines) is 1. The molecule has 0 radical (unpaired) electrons. The average molecular weight is 206 g/mol. The van der Waals surface area contributed by atoms with E-state index in [1.54, 1.807) is 0 Å². The van der Waals surface area contributed by atoms with Crippen molar-refractivity contribution in [1.82, 2.24) is 10.2 Å². The van der Waals surface area contributed by atoms with Crippen LogP contribution in [0.4, 0.5) is 8.78 Å².